The number of nitrogens with zero attached hydrogens (tertiary/aromatic N) is 1. The molecule has 2 heterocycles. The van der Waals surface area contributed by atoms with Crippen LogP contribution in [0.4, 0.5) is 0 Å². The monoisotopic (exact) mass is 391 g/mol. The number of Topliss-reactive ketones (excluding diaryl/α,β-unsaturated/α-hetero) is 2. The number of piperidine rings is 1. The van der Waals surface area contributed by atoms with Crippen molar-refractivity contribution < 1.29 is 19.1 Å². The van der Waals surface area contributed by atoms with E-state index in [-0.39, 0.29) is 30.3 Å². The van der Waals surface area contributed by atoms with Gasteiger partial charge in [-0.15, -0.1) is 0 Å². The molecule has 0 atom stereocenters. The van der Waals surface area contributed by atoms with E-state index in [1.165, 1.54) is 0 Å². The summed E-state index contributed by atoms with van der Waals surface area (Å²) < 4.78 is 6.21. The molecule has 0 aromatic heterocycles. The zero-order chi connectivity index (χ0) is 20.4. The number of fused-ring (bicyclic) bond motifs is 1. The number of carbonyl (C=O) groups excluding carboxylic acids is 3. The highest BCUT2D eigenvalue weighted by Gasteiger charge is 2.43. The lowest BCUT2D eigenvalue weighted by atomic mass is 9.82. The topological polar surface area (TPSA) is 63.7 Å². The van der Waals surface area contributed by atoms with Crippen LogP contribution in [0.5, 0.6) is 5.75 Å². The summed E-state index contributed by atoms with van der Waals surface area (Å²) in [4.78, 5) is 39.2. The minimum atomic E-state index is -0.514. The zero-order valence-corrected chi connectivity index (χ0v) is 16.6. The Labute approximate surface area is 170 Å². The molecule has 0 N–H and O–H groups in total. The van der Waals surface area contributed by atoms with Crippen molar-refractivity contribution in [1.29, 1.82) is 0 Å². The predicted octanol–water partition coefficient (Wildman–Crippen LogP) is 3.98. The Morgan fingerprint density at radius 1 is 1.00 bits per heavy atom. The summed E-state index contributed by atoms with van der Waals surface area (Å²) in [6.45, 7) is 3.07. The Morgan fingerprint density at radius 3 is 2.41 bits per heavy atom. The first-order valence-electron chi connectivity index (χ1n) is 10.1. The van der Waals surface area contributed by atoms with Gasteiger partial charge in [0, 0.05) is 44.3 Å². The Balaban J connectivity index is 1.31. The van der Waals surface area contributed by atoms with Gasteiger partial charge in [0.25, 0.3) is 0 Å². The van der Waals surface area contributed by atoms with Gasteiger partial charge in [-0.05, 0) is 19.1 Å². The molecule has 2 aliphatic heterocycles. The smallest absolute Gasteiger partial charge is 0.223 e. The van der Waals surface area contributed by atoms with Gasteiger partial charge in [-0.3, -0.25) is 14.4 Å². The first-order chi connectivity index (χ1) is 14.0. The fourth-order valence-corrected chi connectivity index (χ4v) is 4.15. The van der Waals surface area contributed by atoms with Crippen molar-refractivity contribution in [1.82, 2.24) is 4.90 Å². The molecule has 0 radical (unpaired) electrons. The van der Waals surface area contributed by atoms with E-state index in [1.54, 1.807) is 11.0 Å². The standard InChI is InChI=1S/C24H25NO4/c1-17-6-8-18(9-7-17)20(26)10-11-23(28)25-14-12-24(13-15-25)16-21(27)19-4-2-3-5-22(19)29-24/h2-9H,10-16H2,1H3. The Kier molecular flexibility index (Phi) is 5.22. The second-order valence-corrected chi connectivity index (χ2v) is 8.05. The van der Waals surface area contributed by atoms with Crippen molar-refractivity contribution in [2.24, 2.45) is 0 Å². The number of para-hydroxylation sites is 1. The van der Waals surface area contributed by atoms with Gasteiger partial charge in [0.2, 0.25) is 5.91 Å². The van der Waals surface area contributed by atoms with Crippen LogP contribution in [0, 0.1) is 6.92 Å². The number of rotatable bonds is 4. The highest BCUT2D eigenvalue weighted by atomic mass is 16.5. The minimum Gasteiger partial charge on any atom is -0.486 e. The lowest BCUT2D eigenvalue weighted by molar-refractivity contribution is -0.134. The Hall–Kier alpha value is -2.95. The molecule has 150 valence electrons. The molecule has 1 amide bonds. The number of benzene rings is 2. The fraction of sp³-hybridized carbons (Fsp3) is 0.375. The average Bonchev–Trinajstić information content (AvgIpc) is 2.73. The van der Waals surface area contributed by atoms with Crippen LogP contribution in [0.2, 0.25) is 0 Å². The van der Waals surface area contributed by atoms with Crippen LogP contribution in [0.1, 0.15) is 58.4 Å². The van der Waals surface area contributed by atoms with Crippen molar-refractivity contribution in [2.75, 3.05) is 13.1 Å². The summed E-state index contributed by atoms with van der Waals surface area (Å²) in [5.41, 5.74) is 1.88. The average molecular weight is 391 g/mol. The molecule has 0 saturated carbocycles. The van der Waals surface area contributed by atoms with Crippen LogP contribution in [0.15, 0.2) is 48.5 Å². The van der Waals surface area contributed by atoms with Gasteiger partial charge < -0.3 is 9.64 Å². The van der Waals surface area contributed by atoms with E-state index in [1.807, 2.05) is 49.4 Å². The van der Waals surface area contributed by atoms with Gasteiger partial charge in [0.15, 0.2) is 11.6 Å². The number of likely N-dealkylation sites (tertiary alicyclic amines) is 1. The second-order valence-electron chi connectivity index (χ2n) is 8.05. The van der Waals surface area contributed by atoms with Crippen LogP contribution < -0.4 is 4.74 Å². The number of amides is 1. The Morgan fingerprint density at radius 2 is 1.69 bits per heavy atom. The summed E-state index contributed by atoms with van der Waals surface area (Å²) in [5, 5.41) is 0. The molecule has 1 fully saturated rings. The molecule has 5 nitrogen and oxygen atoms in total. The number of ketones is 2. The van der Waals surface area contributed by atoms with E-state index >= 15 is 0 Å². The maximum absolute atomic E-state index is 12.6. The SMILES string of the molecule is Cc1ccc(C(=O)CCC(=O)N2CCC3(CC2)CC(=O)c2ccccc2O3)cc1. The van der Waals surface area contributed by atoms with Crippen LogP contribution >= 0.6 is 0 Å². The van der Waals surface area contributed by atoms with Gasteiger partial charge in [0.05, 0.1) is 12.0 Å². The third-order valence-corrected chi connectivity index (χ3v) is 5.96. The third kappa shape index (κ3) is 4.09. The highest BCUT2D eigenvalue weighted by Crippen LogP contribution is 2.39. The summed E-state index contributed by atoms with van der Waals surface area (Å²) in [6, 6.07) is 14.8. The molecule has 2 aliphatic rings. The molecule has 0 bridgehead atoms. The summed E-state index contributed by atoms with van der Waals surface area (Å²) >= 11 is 0. The summed E-state index contributed by atoms with van der Waals surface area (Å²) in [5.74, 6) is 0.732. The molecule has 4 rings (SSSR count). The molecule has 5 heteroatoms. The minimum absolute atomic E-state index is 0.00959. The largest absolute Gasteiger partial charge is 0.486 e. The van der Waals surface area contributed by atoms with E-state index in [2.05, 4.69) is 0 Å². The molecule has 0 unspecified atom stereocenters. The van der Waals surface area contributed by atoms with E-state index in [0.717, 1.165) is 5.56 Å². The van der Waals surface area contributed by atoms with Crippen molar-refractivity contribution in [3.8, 4) is 5.75 Å². The van der Waals surface area contributed by atoms with Crippen molar-refractivity contribution in [3.63, 3.8) is 0 Å². The van der Waals surface area contributed by atoms with Gasteiger partial charge >= 0.3 is 0 Å². The maximum Gasteiger partial charge on any atom is 0.223 e. The number of carbonyl (C=O) groups is 3. The number of hydrogen-bond acceptors (Lipinski definition) is 4. The summed E-state index contributed by atoms with van der Waals surface area (Å²) in [7, 11) is 0. The van der Waals surface area contributed by atoms with E-state index in [0.29, 0.717) is 49.2 Å². The van der Waals surface area contributed by atoms with E-state index < -0.39 is 5.60 Å². The first kappa shape index (κ1) is 19.4. The van der Waals surface area contributed by atoms with Gasteiger partial charge in [0.1, 0.15) is 11.4 Å². The van der Waals surface area contributed by atoms with Crippen LogP contribution in [0.25, 0.3) is 0 Å². The van der Waals surface area contributed by atoms with E-state index in [4.69, 9.17) is 4.74 Å². The molecule has 1 saturated heterocycles. The zero-order valence-electron chi connectivity index (χ0n) is 16.6. The molecular weight excluding hydrogens is 366 g/mol. The van der Waals surface area contributed by atoms with Gasteiger partial charge in [-0.25, -0.2) is 0 Å². The quantitative estimate of drug-likeness (QED) is 0.740. The van der Waals surface area contributed by atoms with Crippen molar-refractivity contribution >= 4 is 17.5 Å². The normalized spacial score (nSPS) is 17.6. The van der Waals surface area contributed by atoms with Gasteiger partial charge in [-0.1, -0.05) is 42.0 Å². The third-order valence-electron chi connectivity index (χ3n) is 5.96. The van der Waals surface area contributed by atoms with Crippen LogP contribution in [0.3, 0.4) is 0 Å². The molecule has 0 aliphatic carbocycles. The van der Waals surface area contributed by atoms with Crippen LogP contribution in [-0.4, -0.2) is 41.1 Å². The second kappa shape index (κ2) is 7.82. The van der Waals surface area contributed by atoms with Crippen LogP contribution in [-0.2, 0) is 4.79 Å². The first-order valence-corrected chi connectivity index (χ1v) is 10.1. The van der Waals surface area contributed by atoms with Crippen molar-refractivity contribution in [2.45, 2.75) is 44.6 Å². The van der Waals surface area contributed by atoms with Gasteiger partial charge in [-0.2, -0.15) is 0 Å². The Bertz CT molecular complexity index is 940. The maximum atomic E-state index is 12.6. The molecule has 29 heavy (non-hydrogen) atoms. The molecule has 2 aromatic rings. The molecular formula is C24H25NO4. The number of ether oxygens (including phenoxy) is 1. The number of aryl methyl sites for hydroxylation is 1. The fourth-order valence-electron chi connectivity index (χ4n) is 4.15. The molecule has 1 spiro atoms. The number of hydrogen-bond donors (Lipinski definition) is 0. The molecule has 2 aromatic carbocycles. The van der Waals surface area contributed by atoms with E-state index in [9.17, 15) is 14.4 Å². The predicted molar refractivity (Wildman–Crippen MR) is 109 cm³/mol. The van der Waals surface area contributed by atoms with Crippen molar-refractivity contribution in [3.05, 3.63) is 65.2 Å². The highest BCUT2D eigenvalue weighted by molar-refractivity contribution is 6.00. The summed E-state index contributed by atoms with van der Waals surface area (Å²) in [6.07, 6.45) is 2.04. The lowest BCUT2D eigenvalue weighted by Crippen LogP contribution is -2.52. The lowest BCUT2D eigenvalue weighted by Gasteiger charge is -2.44.